The van der Waals surface area contributed by atoms with Crippen LogP contribution < -0.4 is 10.2 Å². The molecule has 0 fully saturated rings. The van der Waals surface area contributed by atoms with Crippen molar-refractivity contribution in [2.75, 3.05) is 19.0 Å². The van der Waals surface area contributed by atoms with Crippen molar-refractivity contribution in [1.29, 1.82) is 0 Å². The second-order valence-corrected chi connectivity index (χ2v) is 6.90. The summed E-state index contributed by atoms with van der Waals surface area (Å²) in [5.41, 5.74) is 3.22. The van der Waals surface area contributed by atoms with Gasteiger partial charge in [0.15, 0.2) is 0 Å². The summed E-state index contributed by atoms with van der Waals surface area (Å²) in [6.07, 6.45) is 1.14. The second-order valence-electron chi connectivity index (χ2n) is 6.90. The number of amides is 1. The molecule has 4 heteroatoms. The van der Waals surface area contributed by atoms with Gasteiger partial charge in [0.25, 0.3) is 0 Å². The molecule has 0 aliphatic carbocycles. The number of rotatable bonds is 7. The van der Waals surface area contributed by atoms with Gasteiger partial charge in [-0.2, -0.15) is 0 Å². The Labute approximate surface area is 149 Å². The standard InChI is InChI=1S/C21H27FN2O/c1-15(2)21(17-8-10-18(22)11-9-17)23-20(25)14-7-16-5-12-19(13-6-16)24(3)4/h5-6,8-13,15,21H,7,14H2,1-4H3,(H,23,25)/t21-/m1/s1. The predicted octanol–water partition coefficient (Wildman–Crippen LogP) is 4.34. The number of hydrogen-bond acceptors (Lipinski definition) is 2. The van der Waals surface area contributed by atoms with Crippen molar-refractivity contribution in [3.8, 4) is 0 Å². The van der Waals surface area contributed by atoms with E-state index in [9.17, 15) is 9.18 Å². The molecule has 2 rings (SSSR count). The van der Waals surface area contributed by atoms with Gasteiger partial charge in [-0.25, -0.2) is 4.39 Å². The molecule has 0 bridgehead atoms. The normalized spacial score (nSPS) is 12.1. The van der Waals surface area contributed by atoms with E-state index in [1.807, 2.05) is 32.8 Å². The monoisotopic (exact) mass is 342 g/mol. The van der Waals surface area contributed by atoms with Crippen LogP contribution in [-0.2, 0) is 11.2 Å². The van der Waals surface area contributed by atoms with Gasteiger partial charge in [0.2, 0.25) is 5.91 Å². The Hall–Kier alpha value is -2.36. The Balaban J connectivity index is 1.94. The lowest BCUT2D eigenvalue weighted by molar-refractivity contribution is -0.122. The van der Waals surface area contributed by atoms with Crippen LogP contribution in [0.1, 0.15) is 37.4 Å². The molecular formula is C21H27FN2O. The Bertz CT molecular complexity index is 678. The van der Waals surface area contributed by atoms with Crippen molar-refractivity contribution in [2.45, 2.75) is 32.7 Å². The van der Waals surface area contributed by atoms with Gasteiger partial charge in [0.1, 0.15) is 5.82 Å². The van der Waals surface area contributed by atoms with E-state index < -0.39 is 0 Å². The number of nitrogens with zero attached hydrogens (tertiary/aromatic N) is 1. The zero-order valence-electron chi connectivity index (χ0n) is 15.4. The summed E-state index contributed by atoms with van der Waals surface area (Å²) in [6, 6.07) is 14.5. The molecule has 1 amide bonds. The molecule has 0 unspecified atom stereocenters. The van der Waals surface area contributed by atoms with Crippen molar-refractivity contribution < 1.29 is 9.18 Å². The lowest BCUT2D eigenvalue weighted by Crippen LogP contribution is -2.31. The molecular weight excluding hydrogens is 315 g/mol. The molecule has 0 spiro atoms. The Morgan fingerprint density at radius 1 is 1.04 bits per heavy atom. The van der Waals surface area contributed by atoms with Crippen LogP contribution in [0.2, 0.25) is 0 Å². The maximum atomic E-state index is 13.1. The van der Waals surface area contributed by atoms with Crippen LogP contribution in [0.5, 0.6) is 0 Å². The minimum absolute atomic E-state index is 0.0136. The van der Waals surface area contributed by atoms with Gasteiger partial charge in [-0.1, -0.05) is 38.1 Å². The number of halogens is 1. The van der Waals surface area contributed by atoms with Crippen LogP contribution in [0, 0.1) is 11.7 Å². The molecule has 1 N–H and O–H groups in total. The number of nitrogens with one attached hydrogen (secondary N) is 1. The summed E-state index contributed by atoms with van der Waals surface area (Å²) in [6.45, 7) is 4.10. The van der Waals surface area contributed by atoms with Crippen LogP contribution in [0.3, 0.4) is 0 Å². The summed E-state index contributed by atoms with van der Waals surface area (Å²) in [4.78, 5) is 14.4. The average molecular weight is 342 g/mol. The van der Waals surface area contributed by atoms with E-state index in [0.29, 0.717) is 12.8 Å². The number of hydrogen-bond donors (Lipinski definition) is 1. The van der Waals surface area contributed by atoms with E-state index in [1.54, 1.807) is 12.1 Å². The lowest BCUT2D eigenvalue weighted by Gasteiger charge is -2.23. The molecule has 1 atom stereocenters. The first-order chi connectivity index (χ1) is 11.9. The molecule has 0 saturated heterocycles. The molecule has 2 aromatic carbocycles. The van der Waals surface area contributed by atoms with Crippen LogP contribution in [0.4, 0.5) is 10.1 Å². The maximum absolute atomic E-state index is 13.1. The minimum atomic E-state index is -0.265. The fraction of sp³-hybridized carbons (Fsp3) is 0.381. The molecule has 3 nitrogen and oxygen atoms in total. The fourth-order valence-electron chi connectivity index (χ4n) is 2.77. The van der Waals surface area contributed by atoms with Gasteiger partial charge in [-0.15, -0.1) is 0 Å². The van der Waals surface area contributed by atoms with Crippen LogP contribution in [-0.4, -0.2) is 20.0 Å². The molecule has 0 aliphatic heterocycles. The number of aryl methyl sites for hydroxylation is 1. The van der Waals surface area contributed by atoms with E-state index in [2.05, 4.69) is 29.6 Å². The van der Waals surface area contributed by atoms with Crippen LogP contribution in [0.15, 0.2) is 48.5 Å². The van der Waals surface area contributed by atoms with E-state index in [4.69, 9.17) is 0 Å². The van der Waals surface area contributed by atoms with E-state index in [0.717, 1.165) is 16.8 Å². The Morgan fingerprint density at radius 2 is 1.64 bits per heavy atom. The zero-order valence-corrected chi connectivity index (χ0v) is 15.4. The first-order valence-electron chi connectivity index (χ1n) is 8.68. The maximum Gasteiger partial charge on any atom is 0.220 e. The number of benzene rings is 2. The fourth-order valence-corrected chi connectivity index (χ4v) is 2.77. The van der Waals surface area contributed by atoms with Gasteiger partial charge in [-0.05, 0) is 47.7 Å². The molecule has 0 saturated carbocycles. The zero-order chi connectivity index (χ0) is 18.4. The van der Waals surface area contributed by atoms with Gasteiger partial charge >= 0.3 is 0 Å². The molecule has 0 aliphatic rings. The molecule has 0 radical (unpaired) electrons. The highest BCUT2D eigenvalue weighted by Crippen LogP contribution is 2.22. The smallest absolute Gasteiger partial charge is 0.220 e. The topological polar surface area (TPSA) is 32.3 Å². The molecule has 25 heavy (non-hydrogen) atoms. The first-order valence-corrected chi connectivity index (χ1v) is 8.68. The number of carbonyl (C=O) groups is 1. The molecule has 0 aromatic heterocycles. The summed E-state index contributed by atoms with van der Waals surface area (Å²) < 4.78 is 13.1. The largest absolute Gasteiger partial charge is 0.378 e. The molecule has 134 valence electrons. The highest BCUT2D eigenvalue weighted by molar-refractivity contribution is 5.76. The quantitative estimate of drug-likeness (QED) is 0.812. The van der Waals surface area contributed by atoms with Gasteiger partial charge < -0.3 is 10.2 Å². The van der Waals surface area contributed by atoms with Crippen molar-refractivity contribution >= 4 is 11.6 Å². The van der Waals surface area contributed by atoms with Gasteiger partial charge in [0.05, 0.1) is 6.04 Å². The summed E-state index contributed by atoms with van der Waals surface area (Å²) in [5.74, 6) is -0.0211. The van der Waals surface area contributed by atoms with Crippen molar-refractivity contribution in [1.82, 2.24) is 5.32 Å². The lowest BCUT2D eigenvalue weighted by atomic mass is 9.95. The highest BCUT2D eigenvalue weighted by atomic mass is 19.1. The van der Waals surface area contributed by atoms with E-state index in [1.165, 1.54) is 12.1 Å². The van der Waals surface area contributed by atoms with Crippen molar-refractivity contribution in [2.24, 2.45) is 5.92 Å². The second kappa shape index (κ2) is 8.65. The average Bonchev–Trinajstić information content (AvgIpc) is 2.59. The van der Waals surface area contributed by atoms with Crippen molar-refractivity contribution in [3.63, 3.8) is 0 Å². The van der Waals surface area contributed by atoms with E-state index in [-0.39, 0.29) is 23.7 Å². The Morgan fingerprint density at radius 3 is 2.16 bits per heavy atom. The molecule has 0 heterocycles. The van der Waals surface area contributed by atoms with E-state index >= 15 is 0 Å². The highest BCUT2D eigenvalue weighted by Gasteiger charge is 2.18. The predicted molar refractivity (Wildman–Crippen MR) is 101 cm³/mol. The third kappa shape index (κ3) is 5.59. The van der Waals surface area contributed by atoms with Crippen molar-refractivity contribution in [3.05, 3.63) is 65.5 Å². The molecule has 2 aromatic rings. The number of anilines is 1. The first kappa shape index (κ1) is 19.0. The SMILES string of the molecule is CC(C)[C@@H](NC(=O)CCc1ccc(N(C)C)cc1)c1ccc(F)cc1. The number of carbonyl (C=O) groups excluding carboxylic acids is 1. The van der Waals surface area contributed by atoms with Gasteiger partial charge in [-0.3, -0.25) is 4.79 Å². The summed E-state index contributed by atoms with van der Waals surface area (Å²) in [7, 11) is 4.01. The minimum Gasteiger partial charge on any atom is -0.378 e. The summed E-state index contributed by atoms with van der Waals surface area (Å²) >= 11 is 0. The summed E-state index contributed by atoms with van der Waals surface area (Å²) in [5, 5.41) is 3.08. The third-order valence-corrected chi connectivity index (χ3v) is 4.31. The van der Waals surface area contributed by atoms with Crippen LogP contribution >= 0.6 is 0 Å². The van der Waals surface area contributed by atoms with Crippen LogP contribution in [0.25, 0.3) is 0 Å². The Kier molecular flexibility index (Phi) is 6.57. The third-order valence-electron chi connectivity index (χ3n) is 4.31. The van der Waals surface area contributed by atoms with Gasteiger partial charge in [0, 0.05) is 26.2 Å².